The van der Waals surface area contributed by atoms with Gasteiger partial charge in [0.15, 0.2) is 0 Å². The fraction of sp³-hybridized carbons (Fsp3) is 0.200. The summed E-state index contributed by atoms with van der Waals surface area (Å²) in [4.78, 5) is 21.1. The maximum atomic E-state index is 10.5. The van der Waals surface area contributed by atoms with Crippen LogP contribution in [0.1, 0.15) is 0 Å². The van der Waals surface area contributed by atoms with E-state index in [1.165, 1.54) is 0 Å². The molecule has 0 aliphatic carbocycles. The van der Waals surface area contributed by atoms with Crippen LogP contribution in [0.15, 0.2) is 30.3 Å². The van der Waals surface area contributed by atoms with Crippen LogP contribution in [0.4, 0.5) is 9.59 Å². The topological polar surface area (TPSA) is 102 Å². The number of phenolic OH excluding ortho intramolecular Hbond substituents is 1. The van der Waals surface area contributed by atoms with Crippen molar-refractivity contribution in [3.63, 3.8) is 0 Å². The van der Waals surface area contributed by atoms with Gasteiger partial charge in [-0.3, -0.25) is 0 Å². The summed E-state index contributed by atoms with van der Waals surface area (Å²) in [5.74, 6) is 0.322. The number of fused-ring (bicyclic) bond motifs is 1. The van der Waals surface area contributed by atoms with Gasteiger partial charge in [-0.1, -0.05) is 18.2 Å². The molecule has 0 saturated carbocycles. The molecule has 2 fully saturated rings. The van der Waals surface area contributed by atoms with E-state index in [0.717, 1.165) is 0 Å². The minimum atomic E-state index is -0.292. The summed E-state index contributed by atoms with van der Waals surface area (Å²) in [5.41, 5.74) is 0. The van der Waals surface area contributed by atoms with Crippen LogP contribution in [0.2, 0.25) is 0 Å². The standard InChI is InChI=1S/C6H6O.C4H6N4O2/c7-6-4-2-1-3-5-6;9-3-5-1-2(7-3)8-4(10)6-1/h1-5,7H;1-2H,(H2,5,7,9)(H2,6,8,10). The van der Waals surface area contributed by atoms with E-state index < -0.39 is 0 Å². The summed E-state index contributed by atoms with van der Waals surface area (Å²) in [6.07, 6.45) is -0.583. The minimum Gasteiger partial charge on any atom is -0.508 e. The van der Waals surface area contributed by atoms with Crippen LogP contribution in [0.25, 0.3) is 0 Å². The Kier molecular flexibility index (Phi) is 2.99. The molecule has 5 N–H and O–H groups in total. The van der Waals surface area contributed by atoms with Crippen LogP contribution in [0.3, 0.4) is 0 Å². The molecule has 0 spiro atoms. The van der Waals surface area contributed by atoms with Crippen LogP contribution < -0.4 is 21.3 Å². The third-order valence-corrected chi connectivity index (χ3v) is 2.24. The molecule has 2 aliphatic heterocycles. The first kappa shape index (κ1) is 11.1. The molecule has 0 unspecified atom stereocenters. The van der Waals surface area contributed by atoms with E-state index in [0.29, 0.717) is 5.75 Å². The van der Waals surface area contributed by atoms with E-state index in [4.69, 9.17) is 5.11 Å². The lowest BCUT2D eigenvalue weighted by Gasteiger charge is -2.02. The SMILES string of the molecule is O=C1NC2NC(=O)NC2N1.Oc1ccccc1. The maximum Gasteiger partial charge on any atom is 0.318 e. The molecule has 2 heterocycles. The number of phenols is 1. The number of carbonyl (C=O) groups excluding carboxylic acids is 2. The van der Waals surface area contributed by atoms with Crippen LogP contribution in [-0.2, 0) is 0 Å². The molecule has 17 heavy (non-hydrogen) atoms. The Labute approximate surface area is 97.2 Å². The van der Waals surface area contributed by atoms with Crippen LogP contribution in [0, 0.1) is 0 Å². The second kappa shape index (κ2) is 4.60. The van der Waals surface area contributed by atoms with Crippen molar-refractivity contribution in [2.24, 2.45) is 0 Å². The molecule has 2 aliphatic rings. The molecule has 2 saturated heterocycles. The largest absolute Gasteiger partial charge is 0.508 e. The van der Waals surface area contributed by atoms with Crippen molar-refractivity contribution < 1.29 is 14.7 Å². The molecule has 0 radical (unpaired) electrons. The molecule has 7 heteroatoms. The molecule has 1 aromatic rings. The fourth-order valence-corrected chi connectivity index (χ4v) is 1.48. The summed E-state index contributed by atoms with van der Waals surface area (Å²) in [5, 5.41) is 18.6. The first-order valence-electron chi connectivity index (χ1n) is 5.03. The Balaban J connectivity index is 0.000000136. The predicted molar refractivity (Wildman–Crippen MR) is 59.0 cm³/mol. The van der Waals surface area contributed by atoms with Crippen LogP contribution >= 0.6 is 0 Å². The average Bonchev–Trinajstić information content (AvgIpc) is 2.75. The number of aromatic hydroxyl groups is 1. The molecule has 3 rings (SSSR count). The van der Waals surface area contributed by atoms with E-state index in [9.17, 15) is 9.59 Å². The molecule has 0 aromatic heterocycles. The van der Waals surface area contributed by atoms with Gasteiger partial charge in [-0.15, -0.1) is 0 Å². The number of nitrogens with one attached hydrogen (secondary N) is 4. The van der Waals surface area contributed by atoms with Crippen LogP contribution in [-0.4, -0.2) is 29.5 Å². The summed E-state index contributed by atoms with van der Waals surface area (Å²) in [7, 11) is 0. The van der Waals surface area contributed by atoms with Crippen molar-refractivity contribution in [3.8, 4) is 5.75 Å². The van der Waals surface area contributed by atoms with E-state index in [1.54, 1.807) is 24.3 Å². The molecule has 7 nitrogen and oxygen atoms in total. The fourth-order valence-electron chi connectivity index (χ4n) is 1.48. The lowest BCUT2D eigenvalue weighted by molar-refractivity contribution is 0.239. The quantitative estimate of drug-likeness (QED) is 0.425. The van der Waals surface area contributed by atoms with Gasteiger partial charge in [0.2, 0.25) is 0 Å². The van der Waals surface area contributed by atoms with Gasteiger partial charge in [0, 0.05) is 0 Å². The summed E-state index contributed by atoms with van der Waals surface area (Å²) < 4.78 is 0. The second-order valence-electron chi connectivity index (χ2n) is 3.53. The first-order valence-corrected chi connectivity index (χ1v) is 5.03. The number of urea groups is 2. The van der Waals surface area contributed by atoms with Gasteiger partial charge in [0.05, 0.1) is 0 Å². The Morgan fingerprint density at radius 3 is 1.53 bits per heavy atom. The zero-order valence-electron chi connectivity index (χ0n) is 8.81. The summed E-state index contributed by atoms with van der Waals surface area (Å²) in [6, 6.07) is 8.19. The highest BCUT2D eigenvalue weighted by Gasteiger charge is 2.38. The van der Waals surface area contributed by atoms with E-state index in [-0.39, 0.29) is 24.4 Å². The molecule has 0 bridgehead atoms. The Morgan fingerprint density at radius 1 is 0.824 bits per heavy atom. The third kappa shape index (κ3) is 2.77. The smallest absolute Gasteiger partial charge is 0.318 e. The summed E-state index contributed by atoms with van der Waals surface area (Å²) >= 11 is 0. The molecule has 0 atom stereocenters. The first-order chi connectivity index (χ1) is 8.15. The number of carbonyl (C=O) groups is 2. The van der Waals surface area contributed by atoms with Crippen molar-refractivity contribution in [1.29, 1.82) is 0 Å². The van der Waals surface area contributed by atoms with Gasteiger partial charge in [-0.05, 0) is 12.1 Å². The molecule has 90 valence electrons. The Bertz CT molecular complexity index is 385. The number of hydrogen-bond acceptors (Lipinski definition) is 3. The predicted octanol–water partition coefficient (Wildman–Crippen LogP) is -0.344. The lowest BCUT2D eigenvalue weighted by Crippen LogP contribution is -2.39. The van der Waals surface area contributed by atoms with Crippen molar-refractivity contribution in [2.75, 3.05) is 0 Å². The monoisotopic (exact) mass is 236 g/mol. The highest BCUT2D eigenvalue weighted by atomic mass is 16.3. The highest BCUT2D eigenvalue weighted by molar-refractivity contribution is 5.84. The van der Waals surface area contributed by atoms with Crippen LogP contribution in [0.5, 0.6) is 5.75 Å². The molecule has 1 aromatic carbocycles. The van der Waals surface area contributed by atoms with Crippen molar-refractivity contribution in [2.45, 2.75) is 12.3 Å². The number of amides is 4. The zero-order chi connectivity index (χ0) is 12.3. The van der Waals surface area contributed by atoms with Gasteiger partial charge < -0.3 is 26.4 Å². The number of hydrogen-bond donors (Lipinski definition) is 5. The van der Waals surface area contributed by atoms with Crippen molar-refractivity contribution >= 4 is 12.1 Å². The lowest BCUT2D eigenvalue weighted by atomic mass is 10.3. The average molecular weight is 236 g/mol. The van der Waals surface area contributed by atoms with E-state index >= 15 is 0 Å². The van der Waals surface area contributed by atoms with Gasteiger partial charge in [-0.25, -0.2) is 9.59 Å². The van der Waals surface area contributed by atoms with Crippen molar-refractivity contribution in [1.82, 2.24) is 21.3 Å². The van der Waals surface area contributed by atoms with Gasteiger partial charge in [0.25, 0.3) is 0 Å². The highest BCUT2D eigenvalue weighted by Crippen LogP contribution is 2.02. The van der Waals surface area contributed by atoms with Gasteiger partial charge in [0.1, 0.15) is 18.1 Å². The van der Waals surface area contributed by atoms with E-state index in [2.05, 4.69) is 21.3 Å². The maximum absolute atomic E-state index is 10.5. The summed E-state index contributed by atoms with van der Waals surface area (Å²) in [6.45, 7) is 0. The van der Waals surface area contributed by atoms with Gasteiger partial charge >= 0.3 is 12.1 Å². The number of rotatable bonds is 0. The minimum absolute atomic E-state index is 0.262. The number of para-hydroxylation sites is 1. The molecular formula is C10H12N4O3. The zero-order valence-corrected chi connectivity index (χ0v) is 8.81. The molecular weight excluding hydrogens is 224 g/mol. The van der Waals surface area contributed by atoms with Crippen molar-refractivity contribution in [3.05, 3.63) is 30.3 Å². The Hall–Kier alpha value is -2.44. The normalized spacial score (nSPS) is 24.5. The second-order valence-corrected chi connectivity index (χ2v) is 3.53. The van der Waals surface area contributed by atoms with Gasteiger partial charge in [-0.2, -0.15) is 0 Å². The Morgan fingerprint density at radius 2 is 1.24 bits per heavy atom. The number of benzene rings is 1. The third-order valence-electron chi connectivity index (χ3n) is 2.24. The van der Waals surface area contributed by atoms with E-state index in [1.807, 2.05) is 6.07 Å². The molecule has 4 amide bonds.